The van der Waals surface area contributed by atoms with E-state index in [4.69, 9.17) is 5.11 Å². The molecule has 1 aromatic carbocycles. The fourth-order valence-corrected chi connectivity index (χ4v) is 3.59. The molecule has 23 heavy (non-hydrogen) atoms. The van der Waals surface area contributed by atoms with Crippen molar-refractivity contribution in [2.75, 3.05) is 24.6 Å². The van der Waals surface area contributed by atoms with E-state index < -0.39 is 0 Å². The number of imide groups is 1. The molecule has 5 nitrogen and oxygen atoms in total. The average Bonchev–Trinajstić information content (AvgIpc) is 2.56. The second-order valence-electron chi connectivity index (χ2n) is 6.54. The monoisotopic (exact) mass is 316 g/mol. The summed E-state index contributed by atoms with van der Waals surface area (Å²) in [6.45, 7) is 2.32. The fourth-order valence-electron chi connectivity index (χ4n) is 3.59. The Morgan fingerprint density at radius 2 is 1.78 bits per heavy atom. The Labute approximate surface area is 136 Å². The molecule has 0 aliphatic carbocycles. The summed E-state index contributed by atoms with van der Waals surface area (Å²) in [5.74, 6) is 0.0727. The van der Waals surface area contributed by atoms with E-state index in [-0.39, 0.29) is 24.3 Å². The summed E-state index contributed by atoms with van der Waals surface area (Å²) < 4.78 is 0. The van der Waals surface area contributed by atoms with Crippen LogP contribution in [-0.2, 0) is 9.59 Å². The first-order valence-corrected chi connectivity index (χ1v) is 8.47. The Bertz CT molecular complexity index is 562. The van der Waals surface area contributed by atoms with Crippen LogP contribution in [0, 0.1) is 5.92 Å². The molecule has 5 heteroatoms. The van der Waals surface area contributed by atoms with E-state index in [1.54, 1.807) is 0 Å². The van der Waals surface area contributed by atoms with Crippen molar-refractivity contribution in [1.82, 2.24) is 5.32 Å². The topological polar surface area (TPSA) is 69.6 Å². The summed E-state index contributed by atoms with van der Waals surface area (Å²) in [7, 11) is 0. The van der Waals surface area contributed by atoms with Crippen LogP contribution in [0.2, 0.25) is 0 Å². The maximum absolute atomic E-state index is 11.9. The molecule has 2 N–H and O–H groups in total. The van der Waals surface area contributed by atoms with Gasteiger partial charge < -0.3 is 10.0 Å². The number of nitrogens with one attached hydrogen (secondary N) is 1. The first-order valence-electron chi connectivity index (χ1n) is 8.47. The molecule has 0 saturated carbocycles. The molecule has 1 unspecified atom stereocenters. The minimum atomic E-state index is -0.211. The second-order valence-corrected chi connectivity index (χ2v) is 6.54. The van der Waals surface area contributed by atoms with Crippen LogP contribution in [0.1, 0.15) is 43.6 Å². The van der Waals surface area contributed by atoms with E-state index in [1.165, 1.54) is 5.69 Å². The van der Waals surface area contributed by atoms with Gasteiger partial charge in [-0.05, 0) is 49.3 Å². The van der Waals surface area contributed by atoms with Crippen LogP contribution in [0.3, 0.4) is 0 Å². The summed E-state index contributed by atoms with van der Waals surface area (Å²) in [4.78, 5) is 25.5. The zero-order valence-corrected chi connectivity index (χ0v) is 13.3. The van der Waals surface area contributed by atoms with Crippen molar-refractivity contribution in [2.24, 2.45) is 5.92 Å². The van der Waals surface area contributed by atoms with Crippen molar-refractivity contribution < 1.29 is 14.7 Å². The first kappa shape index (κ1) is 16.0. The fraction of sp³-hybridized carbons (Fsp3) is 0.556. The summed E-state index contributed by atoms with van der Waals surface area (Å²) in [5.41, 5.74) is 2.16. The van der Waals surface area contributed by atoms with Crippen LogP contribution in [-0.4, -0.2) is 36.6 Å². The maximum atomic E-state index is 11.9. The molecule has 2 aliphatic rings. The summed E-state index contributed by atoms with van der Waals surface area (Å²) in [6.07, 6.45) is 4.15. The lowest BCUT2D eigenvalue weighted by Crippen LogP contribution is -2.39. The lowest BCUT2D eigenvalue weighted by atomic mass is 9.90. The Hall–Kier alpha value is -1.88. The molecule has 0 spiro atoms. The minimum absolute atomic E-state index is 0.173. The van der Waals surface area contributed by atoms with Gasteiger partial charge in [-0.25, -0.2) is 0 Å². The Morgan fingerprint density at radius 3 is 2.39 bits per heavy atom. The minimum Gasteiger partial charge on any atom is -0.396 e. The lowest BCUT2D eigenvalue weighted by molar-refractivity contribution is -0.134. The molecule has 0 aromatic heterocycles. The number of piperidine rings is 2. The largest absolute Gasteiger partial charge is 0.396 e. The van der Waals surface area contributed by atoms with Crippen LogP contribution in [0.4, 0.5) is 5.69 Å². The first-order chi connectivity index (χ1) is 11.2. The summed E-state index contributed by atoms with van der Waals surface area (Å²) in [5, 5.41) is 11.4. The molecule has 3 rings (SSSR count). The number of aliphatic hydroxyl groups excluding tert-OH is 1. The number of nitrogens with zero attached hydrogens (tertiary/aromatic N) is 1. The molecule has 2 amide bonds. The van der Waals surface area contributed by atoms with Gasteiger partial charge in [-0.2, -0.15) is 0 Å². The lowest BCUT2D eigenvalue weighted by Gasteiger charge is -2.33. The van der Waals surface area contributed by atoms with Gasteiger partial charge in [0.25, 0.3) is 0 Å². The molecule has 2 fully saturated rings. The van der Waals surface area contributed by atoms with Crippen molar-refractivity contribution in [3.05, 3.63) is 29.8 Å². The molecule has 124 valence electrons. The van der Waals surface area contributed by atoms with Crippen LogP contribution in [0.15, 0.2) is 24.3 Å². The third kappa shape index (κ3) is 3.72. The van der Waals surface area contributed by atoms with E-state index in [0.29, 0.717) is 18.8 Å². The van der Waals surface area contributed by atoms with Gasteiger partial charge >= 0.3 is 0 Å². The second kappa shape index (κ2) is 7.13. The number of benzene rings is 1. The molecule has 2 heterocycles. The zero-order chi connectivity index (χ0) is 16.2. The Morgan fingerprint density at radius 1 is 1.09 bits per heavy atom. The van der Waals surface area contributed by atoms with Gasteiger partial charge in [0.1, 0.15) is 0 Å². The van der Waals surface area contributed by atoms with Gasteiger partial charge in [0.05, 0.1) is 5.92 Å². The third-order valence-corrected chi connectivity index (χ3v) is 5.05. The number of rotatable bonds is 4. The molecule has 1 atom stereocenters. The van der Waals surface area contributed by atoms with Crippen LogP contribution in [0.5, 0.6) is 0 Å². The summed E-state index contributed by atoms with van der Waals surface area (Å²) in [6, 6.07) is 8.17. The molecular formula is C18H24N2O3. The number of carbonyl (C=O) groups excluding carboxylic acids is 2. The van der Waals surface area contributed by atoms with E-state index in [0.717, 1.165) is 37.9 Å². The zero-order valence-electron chi connectivity index (χ0n) is 13.3. The van der Waals surface area contributed by atoms with Gasteiger partial charge in [-0.3, -0.25) is 14.9 Å². The standard InChI is InChI=1S/C18H24N2O3/c21-12-9-13-7-10-20(11-8-13)15-3-1-14(2-4-15)16-5-6-17(22)19-18(16)23/h1-4,13,16,21H,5-12H2,(H,19,22,23). The number of carbonyl (C=O) groups is 2. The highest BCUT2D eigenvalue weighted by molar-refractivity contribution is 6.00. The molecule has 1 aromatic rings. The predicted octanol–water partition coefficient (Wildman–Crippen LogP) is 1.81. The number of amides is 2. The van der Waals surface area contributed by atoms with Crippen molar-refractivity contribution in [2.45, 2.75) is 38.0 Å². The average molecular weight is 316 g/mol. The van der Waals surface area contributed by atoms with E-state index in [9.17, 15) is 9.59 Å². The number of hydrogen-bond donors (Lipinski definition) is 2. The van der Waals surface area contributed by atoms with Crippen molar-refractivity contribution in [1.29, 1.82) is 0 Å². The predicted molar refractivity (Wildman–Crippen MR) is 88.2 cm³/mol. The maximum Gasteiger partial charge on any atom is 0.234 e. The number of aliphatic hydroxyl groups is 1. The Kier molecular flexibility index (Phi) is 4.96. The number of anilines is 1. The van der Waals surface area contributed by atoms with E-state index >= 15 is 0 Å². The molecule has 0 bridgehead atoms. The van der Waals surface area contributed by atoms with Crippen molar-refractivity contribution >= 4 is 17.5 Å². The quantitative estimate of drug-likeness (QED) is 0.831. The SMILES string of the molecule is O=C1CCC(c2ccc(N3CCC(CCO)CC3)cc2)C(=O)N1. The summed E-state index contributed by atoms with van der Waals surface area (Å²) >= 11 is 0. The van der Waals surface area contributed by atoms with Crippen molar-refractivity contribution in [3.8, 4) is 0 Å². The van der Waals surface area contributed by atoms with Gasteiger partial charge in [0.2, 0.25) is 11.8 Å². The van der Waals surface area contributed by atoms with Gasteiger partial charge in [0.15, 0.2) is 0 Å². The van der Waals surface area contributed by atoms with E-state index in [2.05, 4.69) is 22.3 Å². The highest BCUT2D eigenvalue weighted by atomic mass is 16.3. The molecule has 2 saturated heterocycles. The smallest absolute Gasteiger partial charge is 0.234 e. The van der Waals surface area contributed by atoms with Crippen LogP contribution < -0.4 is 10.2 Å². The molecular weight excluding hydrogens is 292 g/mol. The highest BCUT2D eigenvalue weighted by Crippen LogP contribution is 2.29. The number of hydrogen-bond acceptors (Lipinski definition) is 4. The normalized spacial score (nSPS) is 23.0. The van der Waals surface area contributed by atoms with Gasteiger partial charge in [0, 0.05) is 31.8 Å². The third-order valence-electron chi connectivity index (χ3n) is 5.05. The van der Waals surface area contributed by atoms with Crippen LogP contribution >= 0.6 is 0 Å². The van der Waals surface area contributed by atoms with Crippen molar-refractivity contribution in [3.63, 3.8) is 0 Å². The molecule has 2 aliphatic heterocycles. The molecule has 0 radical (unpaired) electrons. The highest BCUT2D eigenvalue weighted by Gasteiger charge is 2.28. The van der Waals surface area contributed by atoms with Gasteiger partial charge in [-0.15, -0.1) is 0 Å². The van der Waals surface area contributed by atoms with E-state index in [1.807, 2.05) is 12.1 Å². The Balaban J connectivity index is 1.61. The van der Waals surface area contributed by atoms with Gasteiger partial charge in [-0.1, -0.05) is 12.1 Å². The van der Waals surface area contributed by atoms with Crippen LogP contribution in [0.25, 0.3) is 0 Å².